The molecule has 1 aliphatic carbocycles. The first-order valence-electron chi connectivity index (χ1n) is 7.12. The van der Waals surface area contributed by atoms with Crippen LogP contribution < -0.4 is 5.32 Å². The minimum Gasteiger partial charge on any atom is -0.395 e. The lowest BCUT2D eigenvalue weighted by Gasteiger charge is -2.30. The largest absolute Gasteiger partial charge is 0.395 e. The maximum atomic E-state index is 9.44. The van der Waals surface area contributed by atoms with Gasteiger partial charge in [-0.15, -0.1) is 0 Å². The third kappa shape index (κ3) is 3.56. The van der Waals surface area contributed by atoms with Crippen molar-refractivity contribution in [1.29, 1.82) is 0 Å². The van der Waals surface area contributed by atoms with Gasteiger partial charge < -0.3 is 10.4 Å². The van der Waals surface area contributed by atoms with Crippen molar-refractivity contribution in [3.63, 3.8) is 0 Å². The Morgan fingerprint density at radius 3 is 2.67 bits per heavy atom. The van der Waals surface area contributed by atoms with E-state index in [2.05, 4.69) is 43.4 Å². The number of aliphatic hydroxyl groups is 1. The normalized spacial score (nSPS) is 20.8. The highest BCUT2D eigenvalue weighted by atomic mass is 16.3. The van der Waals surface area contributed by atoms with E-state index in [4.69, 9.17) is 0 Å². The fourth-order valence-corrected chi connectivity index (χ4v) is 2.94. The van der Waals surface area contributed by atoms with E-state index >= 15 is 0 Å². The van der Waals surface area contributed by atoms with E-state index in [0.717, 1.165) is 19.3 Å². The van der Waals surface area contributed by atoms with Crippen LogP contribution in [0.5, 0.6) is 0 Å². The zero-order valence-corrected chi connectivity index (χ0v) is 11.5. The van der Waals surface area contributed by atoms with E-state index in [1.165, 1.54) is 17.5 Å². The fraction of sp³-hybridized carbons (Fsp3) is 0.625. The molecule has 0 heterocycles. The molecule has 2 heteroatoms. The van der Waals surface area contributed by atoms with Gasteiger partial charge in [0.15, 0.2) is 0 Å². The summed E-state index contributed by atoms with van der Waals surface area (Å²) in [6.45, 7) is 4.66. The number of aliphatic hydroxyl groups excluding tert-OH is 1. The van der Waals surface area contributed by atoms with Gasteiger partial charge in [0.1, 0.15) is 0 Å². The molecule has 100 valence electrons. The van der Waals surface area contributed by atoms with Gasteiger partial charge in [0.2, 0.25) is 0 Å². The zero-order chi connectivity index (χ0) is 13.0. The lowest BCUT2D eigenvalue weighted by Crippen LogP contribution is -2.44. The van der Waals surface area contributed by atoms with Crippen LogP contribution in [0.2, 0.25) is 0 Å². The molecular weight excluding hydrogens is 222 g/mol. The lowest BCUT2D eigenvalue weighted by atomic mass is 9.87. The van der Waals surface area contributed by atoms with Crippen molar-refractivity contribution in [2.45, 2.75) is 51.6 Å². The first kappa shape index (κ1) is 13.6. The average Bonchev–Trinajstić information content (AvgIpc) is 2.37. The summed E-state index contributed by atoms with van der Waals surface area (Å²) in [5.74, 6) is 0.630. The smallest absolute Gasteiger partial charge is 0.0584 e. The Morgan fingerprint density at radius 1 is 1.28 bits per heavy atom. The molecule has 0 radical (unpaired) electrons. The zero-order valence-electron chi connectivity index (χ0n) is 11.5. The highest BCUT2D eigenvalue weighted by Crippen LogP contribution is 2.21. The molecule has 18 heavy (non-hydrogen) atoms. The maximum Gasteiger partial charge on any atom is 0.0584 e. The van der Waals surface area contributed by atoms with Gasteiger partial charge in [-0.05, 0) is 42.7 Å². The molecule has 1 aromatic carbocycles. The highest BCUT2D eigenvalue weighted by molar-refractivity contribution is 5.30. The molecule has 2 nitrogen and oxygen atoms in total. The van der Waals surface area contributed by atoms with Crippen LogP contribution in [-0.2, 0) is 12.8 Å². The van der Waals surface area contributed by atoms with Crippen molar-refractivity contribution in [1.82, 2.24) is 5.32 Å². The van der Waals surface area contributed by atoms with Crippen LogP contribution in [-0.4, -0.2) is 23.8 Å². The molecule has 0 amide bonds. The SMILES string of the molecule is CC(C)CC(CO)NC1CCc2ccccc2C1. The van der Waals surface area contributed by atoms with Gasteiger partial charge in [-0.25, -0.2) is 0 Å². The van der Waals surface area contributed by atoms with Crippen LogP contribution in [0.3, 0.4) is 0 Å². The van der Waals surface area contributed by atoms with E-state index in [-0.39, 0.29) is 12.6 Å². The van der Waals surface area contributed by atoms with Crippen molar-refractivity contribution in [2.24, 2.45) is 5.92 Å². The molecule has 1 aliphatic rings. The molecule has 0 spiro atoms. The van der Waals surface area contributed by atoms with E-state index in [1.54, 1.807) is 0 Å². The standard InChI is InChI=1S/C16H25NO/c1-12(2)9-16(11-18)17-15-8-7-13-5-3-4-6-14(13)10-15/h3-6,12,15-18H,7-11H2,1-2H3. The molecule has 2 N–H and O–H groups in total. The highest BCUT2D eigenvalue weighted by Gasteiger charge is 2.21. The molecular formula is C16H25NO. The summed E-state index contributed by atoms with van der Waals surface area (Å²) in [7, 11) is 0. The number of hydrogen-bond donors (Lipinski definition) is 2. The second kappa shape index (κ2) is 6.35. The number of rotatable bonds is 5. The Balaban J connectivity index is 1.92. The quantitative estimate of drug-likeness (QED) is 0.838. The Morgan fingerprint density at radius 2 is 2.00 bits per heavy atom. The first-order valence-corrected chi connectivity index (χ1v) is 7.12. The van der Waals surface area contributed by atoms with Crippen molar-refractivity contribution in [2.75, 3.05) is 6.61 Å². The van der Waals surface area contributed by atoms with E-state index in [1.807, 2.05) is 0 Å². The number of aryl methyl sites for hydroxylation is 1. The predicted molar refractivity (Wildman–Crippen MR) is 75.7 cm³/mol. The molecule has 0 aliphatic heterocycles. The summed E-state index contributed by atoms with van der Waals surface area (Å²) < 4.78 is 0. The Labute approximate surface area is 110 Å². The first-order chi connectivity index (χ1) is 8.69. The van der Waals surface area contributed by atoms with Crippen molar-refractivity contribution in [3.8, 4) is 0 Å². The van der Waals surface area contributed by atoms with Gasteiger partial charge >= 0.3 is 0 Å². The number of hydrogen-bond acceptors (Lipinski definition) is 2. The number of benzene rings is 1. The van der Waals surface area contributed by atoms with Crippen molar-refractivity contribution < 1.29 is 5.11 Å². The van der Waals surface area contributed by atoms with E-state index < -0.39 is 0 Å². The molecule has 2 unspecified atom stereocenters. The van der Waals surface area contributed by atoms with E-state index in [0.29, 0.717) is 12.0 Å². The molecule has 0 fully saturated rings. The predicted octanol–water partition coefficient (Wildman–Crippen LogP) is 2.54. The van der Waals surface area contributed by atoms with Crippen LogP contribution in [0.1, 0.15) is 37.8 Å². The van der Waals surface area contributed by atoms with Gasteiger partial charge in [0.05, 0.1) is 6.61 Å². The topological polar surface area (TPSA) is 32.3 Å². The van der Waals surface area contributed by atoms with Gasteiger partial charge in [0.25, 0.3) is 0 Å². The van der Waals surface area contributed by atoms with Crippen LogP contribution in [0.15, 0.2) is 24.3 Å². The summed E-state index contributed by atoms with van der Waals surface area (Å²) in [6.07, 6.45) is 4.50. The molecule has 0 bridgehead atoms. The maximum absolute atomic E-state index is 9.44. The Kier molecular flexibility index (Phi) is 4.79. The minimum atomic E-state index is 0.246. The summed E-state index contributed by atoms with van der Waals surface area (Å²) in [6, 6.07) is 9.50. The third-order valence-corrected chi connectivity index (χ3v) is 3.79. The second-order valence-electron chi connectivity index (χ2n) is 5.88. The monoisotopic (exact) mass is 247 g/mol. The summed E-state index contributed by atoms with van der Waals surface area (Å²) in [5, 5.41) is 13.1. The van der Waals surface area contributed by atoms with Gasteiger partial charge in [0, 0.05) is 12.1 Å². The fourth-order valence-electron chi connectivity index (χ4n) is 2.94. The molecule has 0 aromatic heterocycles. The van der Waals surface area contributed by atoms with Crippen molar-refractivity contribution in [3.05, 3.63) is 35.4 Å². The van der Waals surface area contributed by atoms with E-state index in [9.17, 15) is 5.11 Å². The molecule has 1 aromatic rings. The molecule has 0 saturated carbocycles. The van der Waals surface area contributed by atoms with Crippen molar-refractivity contribution >= 4 is 0 Å². The summed E-state index contributed by atoms with van der Waals surface area (Å²) >= 11 is 0. The van der Waals surface area contributed by atoms with Gasteiger partial charge in [-0.2, -0.15) is 0 Å². The summed E-state index contributed by atoms with van der Waals surface area (Å²) in [5.41, 5.74) is 2.97. The van der Waals surface area contributed by atoms with Crippen LogP contribution in [0, 0.1) is 5.92 Å². The summed E-state index contributed by atoms with van der Waals surface area (Å²) in [4.78, 5) is 0. The van der Waals surface area contributed by atoms with Gasteiger partial charge in [-0.3, -0.25) is 0 Å². The van der Waals surface area contributed by atoms with Crippen LogP contribution >= 0.6 is 0 Å². The van der Waals surface area contributed by atoms with Crippen LogP contribution in [0.4, 0.5) is 0 Å². The Bertz CT molecular complexity index is 375. The lowest BCUT2D eigenvalue weighted by molar-refractivity contribution is 0.209. The second-order valence-corrected chi connectivity index (χ2v) is 5.88. The van der Waals surface area contributed by atoms with Gasteiger partial charge in [-0.1, -0.05) is 38.1 Å². The Hall–Kier alpha value is -0.860. The molecule has 2 rings (SSSR count). The minimum absolute atomic E-state index is 0.246. The third-order valence-electron chi connectivity index (χ3n) is 3.79. The molecule has 2 atom stereocenters. The number of fused-ring (bicyclic) bond motifs is 1. The average molecular weight is 247 g/mol. The van der Waals surface area contributed by atoms with Crippen LogP contribution in [0.25, 0.3) is 0 Å². The number of nitrogens with one attached hydrogen (secondary N) is 1. The molecule has 0 saturated heterocycles.